The van der Waals surface area contributed by atoms with Crippen LogP contribution in [0.15, 0.2) is 24.4 Å². The number of rotatable bonds is 0. The Hall–Kier alpha value is 0.742. The van der Waals surface area contributed by atoms with Gasteiger partial charge in [0.25, 0.3) is 0 Å². The standard InChI is InChI=1S/C5H10N.C5H6N.Cd.2ClH/c2*1-2-4-6-5-3-1;;;/h1-5H2;1-4H,5H2;;2*1H/q2*-1;+2;;/p-2. The molecule has 0 N–H and O–H groups in total. The van der Waals surface area contributed by atoms with Crippen molar-refractivity contribution in [2.75, 3.05) is 19.6 Å². The van der Waals surface area contributed by atoms with E-state index in [1.54, 1.807) is 6.20 Å². The van der Waals surface area contributed by atoms with Crippen molar-refractivity contribution in [1.29, 1.82) is 0 Å². The summed E-state index contributed by atoms with van der Waals surface area (Å²) in [6.07, 6.45) is 11.8. The molecule has 0 bridgehead atoms. The molecule has 0 aromatic heterocycles. The predicted molar refractivity (Wildman–Crippen MR) is 65.2 cm³/mol. The van der Waals surface area contributed by atoms with Crippen molar-refractivity contribution >= 4 is 16.6 Å². The Morgan fingerprint density at radius 3 is 1.80 bits per heavy atom. The molecule has 2 nitrogen and oxygen atoms in total. The number of halogens is 2. The average molecular weight is 348 g/mol. The van der Waals surface area contributed by atoms with E-state index in [2.05, 4.69) is 10.6 Å². The summed E-state index contributed by atoms with van der Waals surface area (Å²) in [5, 5.41) is 8.09. The van der Waals surface area contributed by atoms with Crippen molar-refractivity contribution in [1.82, 2.24) is 0 Å². The first-order chi connectivity index (χ1) is 7.41. The molecule has 0 aromatic carbocycles. The topological polar surface area (TPSA) is 28.2 Å². The summed E-state index contributed by atoms with van der Waals surface area (Å²) in [5.74, 6) is 0. The van der Waals surface area contributed by atoms with Gasteiger partial charge in [0.15, 0.2) is 0 Å². The molecule has 1 fully saturated rings. The number of hydrogen-bond donors (Lipinski definition) is 0. The molecular formula is C10H16CdCl2N2-2. The molecule has 0 aromatic rings. The van der Waals surface area contributed by atoms with Crippen LogP contribution in [0.3, 0.4) is 0 Å². The van der Waals surface area contributed by atoms with Gasteiger partial charge >= 0.3 is 38.4 Å². The summed E-state index contributed by atoms with van der Waals surface area (Å²) < 4.78 is 0. The van der Waals surface area contributed by atoms with Crippen molar-refractivity contribution in [2.24, 2.45) is 0 Å². The molecule has 2 rings (SSSR count). The molecule has 2 aliphatic rings. The fourth-order valence-corrected chi connectivity index (χ4v) is 1.11. The Kier molecular flexibility index (Phi) is 15.5. The van der Waals surface area contributed by atoms with Crippen molar-refractivity contribution in [2.45, 2.75) is 19.3 Å². The number of piperidine rings is 1. The minimum absolute atomic E-state index is 0.858. The van der Waals surface area contributed by atoms with Gasteiger partial charge < -0.3 is 10.6 Å². The Labute approximate surface area is 112 Å². The number of allylic oxidation sites excluding steroid dienone is 2. The zero-order valence-corrected chi connectivity index (χ0v) is 14.5. The van der Waals surface area contributed by atoms with E-state index in [4.69, 9.17) is 16.6 Å². The van der Waals surface area contributed by atoms with E-state index >= 15 is 0 Å². The van der Waals surface area contributed by atoms with E-state index in [9.17, 15) is 0 Å². The fourth-order valence-electron chi connectivity index (χ4n) is 1.11. The summed E-state index contributed by atoms with van der Waals surface area (Å²) in [6.45, 7) is 3.11. The molecule has 2 heterocycles. The molecule has 0 saturated carbocycles. The van der Waals surface area contributed by atoms with Crippen LogP contribution in [0.1, 0.15) is 19.3 Å². The Balaban J connectivity index is 0.000000210. The number of hydrogen-bond acceptors (Lipinski definition) is 0. The summed E-state index contributed by atoms with van der Waals surface area (Å²) in [7, 11) is 9.95. The molecule has 0 amide bonds. The maximum atomic E-state index is 4.97. The second-order valence-electron chi connectivity index (χ2n) is 2.97. The first kappa shape index (κ1) is 15.7. The molecule has 2 aliphatic heterocycles. The van der Waals surface area contributed by atoms with E-state index in [0.717, 1.165) is 19.6 Å². The third kappa shape index (κ3) is 14.7. The van der Waals surface area contributed by atoms with Crippen molar-refractivity contribution in [3.63, 3.8) is 0 Å². The van der Waals surface area contributed by atoms with Crippen LogP contribution < -0.4 is 0 Å². The molecule has 0 aliphatic carbocycles. The molecule has 5 heteroatoms. The van der Waals surface area contributed by atoms with Gasteiger partial charge in [0.05, 0.1) is 0 Å². The Morgan fingerprint density at radius 2 is 1.67 bits per heavy atom. The van der Waals surface area contributed by atoms with Crippen LogP contribution in [0.4, 0.5) is 0 Å². The third-order valence-corrected chi connectivity index (χ3v) is 1.78. The van der Waals surface area contributed by atoms with Gasteiger partial charge in [-0.25, -0.2) is 0 Å². The van der Waals surface area contributed by atoms with Gasteiger partial charge in [-0.1, -0.05) is 31.4 Å². The Bertz CT molecular complexity index is 147. The van der Waals surface area contributed by atoms with Gasteiger partial charge in [-0.15, -0.1) is 25.7 Å². The molecule has 0 spiro atoms. The van der Waals surface area contributed by atoms with Crippen LogP contribution in [0.25, 0.3) is 10.6 Å². The fraction of sp³-hybridized carbons (Fsp3) is 0.600. The summed E-state index contributed by atoms with van der Waals surface area (Å²) in [6, 6.07) is 0. The Morgan fingerprint density at radius 1 is 1.00 bits per heavy atom. The first-order valence-electron chi connectivity index (χ1n) is 5.15. The van der Waals surface area contributed by atoms with E-state index in [1.165, 1.54) is 19.3 Å². The summed E-state index contributed by atoms with van der Waals surface area (Å²) in [5.41, 5.74) is 0. The van der Waals surface area contributed by atoms with Crippen LogP contribution in [-0.2, 0) is 21.8 Å². The van der Waals surface area contributed by atoms with Crippen molar-refractivity contribution < 1.29 is 21.8 Å². The molecule has 0 radical (unpaired) electrons. The molecule has 15 heavy (non-hydrogen) atoms. The first-order valence-corrected chi connectivity index (χ1v) is 15.4. The van der Waals surface area contributed by atoms with E-state index in [0.29, 0.717) is 0 Å². The molecular weight excluding hydrogens is 331 g/mol. The van der Waals surface area contributed by atoms with Gasteiger partial charge in [0.2, 0.25) is 0 Å². The predicted octanol–water partition coefficient (Wildman–Crippen LogP) is 4.36. The zero-order chi connectivity index (χ0) is 11.2. The van der Waals surface area contributed by atoms with Gasteiger partial charge in [0.1, 0.15) is 0 Å². The summed E-state index contributed by atoms with van der Waals surface area (Å²) >= 11 is -1.07. The molecule has 0 unspecified atom stereocenters. The van der Waals surface area contributed by atoms with Crippen LogP contribution >= 0.6 is 16.6 Å². The van der Waals surface area contributed by atoms with Gasteiger partial charge in [0, 0.05) is 0 Å². The third-order valence-electron chi connectivity index (χ3n) is 1.78. The van der Waals surface area contributed by atoms with Gasteiger partial charge in [-0.3, -0.25) is 0 Å². The van der Waals surface area contributed by atoms with Gasteiger partial charge in [-0.05, 0) is 0 Å². The second kappa shape index (κ2) is 14.7. The van der Waals surface area contributed by atoms with Crippen LogP contribution in [0, 0.1) is 0 Å². The SMILES string of the molecule is C1=CC[N-]C=C1.C1CC[N-]CC1.[Cl][Cd][Cl]. The second-order valence-corrected chi connectivity index (χ2v) is 8.96. The minimum atomic E-state index is -1.07. The average Bonchev–Trinajstić information content (AvgIpc) is 2.35. The van der Waals surface area contributed by atoms with E-state index in [-0.39, 0.29) is 0 Å². The monoisotopic (exact) mass is 348 g/mol. The normalized spacial score (nSPS) is 17.2. The summed E-state index contributed by atoms with van der Waals surface area (Å²) in [4.78, 5) is 0. The van der Waals surface area contributed by atoms with E-state index < -0.39 is 21.8 Å². The van der Waals surface area contributed by atoms with Crippen LogP contribution in [0.5, 0.6) is 0 Å². The molecule has 0 atom stereocenters. The zero-order valence-electron chi connectivity index (χ0n) is 8.91. The quantitative estimate of drug-likeness (QED) is 0.582. The number of nitrogens with zero attached hydrogens (tertiary/aromatic N) is 2. The maximum absolute atomic E-state index is 4.97. The van der Waals surface area contributed by atoms with Crippen LogP contribution in [-0.4, -0.2) is 19.6 Å². The molecule has 84 valence electrons. The van der Waals surface area contributed by atoms with Crippen LogP contribution in [0.2, 0.25) is 0 Å². The van der Waals surface area contributed by atoms with Gasteiger partial charge in [-0.2, -0.15) is 6.20 Å². The molecule has 1 saturated heterocycles. The van der Waals surface area contributed by atoms with Crippen molar-refractivity contribution in [3.05, 3.63) is 35.1 Å². The van der Waals surface area contributed by atoms with E-state index in [1.807, 2.05) is 18.2 Å². The van der Waals surface area contributed by atoms with Crippen molar-refractivity contribution in [3.8, 4) is 0 Å².